The van der Waals surface area contributed by atoms with Crippen LogP contribution in [0.5, 0.6) is 11.5 Å². The van der Waals surface area contributed by atoms with E-state index < -0.39 is 11.5 Å². The minimum atomic E-state index is -0.576. The molecule has 7 nitrogen and oxygen atoms in total. The normalized spacial score (nSPS) is 9.85. The first-order valence-electron chi connectivity index (χ1n) is 6.10. The van der Waals surface area contributed by atoms with Crippen LogP contribution in [-0.4, -0.2) is 23.7 Å². The summed E-state index contributed by atoms with van der Waals surface area (Å²) in [5.74, 6) is 0.591. The van der Waals surface area contributed by atoms with Gasteiger partial charge < -0.3 is 14.6 Å². The highest BCUT2D eigenvalue weighted by Gasteiger charge is 2.19. The van der Waals surface area contributed by atoms with Gasteiger partial charge in [0.1, 0.15) is 0 Å². The zero-order valence-electron chi connectivity index (χ0n) is 11.2. The van der Waals surface area contributed by atoms with Gasteiger partial charge in [0.2, 0.25) is 0 Å². The second-order valence-electron chi connectivity index (χ2n) is 4.01. The fraction of sp³-hybridized carbons (Fsp3) is 0.462. The number of hydrogen-bond acceptors (Lipinski definition) is 6. The largest absolute Gasteiger partial charge is 0.493 e. The van der Waals surface area contributed by atoms with Crippen molar-refractivity contribution in [3.05, 3.63) is 27.8 Å². The average molecular weight is 280 g/mol. The van der Waals surface area contributed by atoms with Crippen LogP contribution >= 0.6 is 0 Å². The van der Waals surface area contributed by atoms with Crippen LogP contribution in [0.15, 0.2) is 12.1 Å². The molecule has 0 aromatic heterocycles. The van der Waals surface area contributed by atoms with E-state index in [9.17, 15) is 10.1 Å². The number of nitrogens with zero attached hydrogens (tertiary/aromatic N) is 2. The Morgan fingerprint density at radius 1 is 1.40 bits per heavy atom. The summed E-state index contributed by atoms with van der Waals surface area (Å²) in [5, 5.41) is 28.4. The Morgan fingerprint density at radius 3 is 2.70 bits per heavy atom. The van der Waals surface area contributed by atoms with Gasteiger partial charge in [-0.2, -0.15) is 5.26 Å². The van der Waals surface area contributed by atoms with Crippen LogP contribution in [0.25, 0.3) is 0 Å². The number of benzene rings is 1. The molecule has 0 unspecified atom stereocenters. The molecule has 1 N–H and O–H groups in total. The van der Waals surface area contributed by atoms with Crippen molar-refractivity contribution in [1.82, 2.24) is 0 Å². The van der Waals surface area contributed by atoms with Crippen molar-refractivity contribution in [2.45, 2.75) is 25.9 Å². The van der Waals surface area contributed by atoms with Crippen LogP contribution in [0.3, 0.4) is 0 Å². The molecule has 0 heterocycles. The molecule has 0 atom stereocenters. The van der Waals surface area contributed by atoms with Crippen LogP contribution < -0.4 is 9.47 Å². The molecule has 0 aliphatic rings. The molecule has 20 heavy (non-hydrogen) atoms. The van der Waals surface area contributed by atoms with E-state index in [1.54, 1.807) is 0 Å². The number of nitro groups is 1. The summed E-state index contributed by atoms with van der Waals surface area (Å²) < 4.78 is 10.5. The molecule has 0 aliphatic carbocycles. The lowest BCUT2D eigenvalue weighted by atomic mass is 10.1. The van der Waals surface area contributed by atoms with E-state index in [1.165, 1.54) is 19.2 Å². The molecular formula is C13H16N2O5. The topological polar surface area (TPSA) is 106 Å². The zero-order chi connectivity index (χ0) is 15.0. The van der Waals surface area contributed by atoms with Gasteiger partial charge in [-0.1, -0.05) is 0 Å². The van der Waals surface area contributed by atoms with Crippen molar-refractivity contribution in [3.63, 3.8) is 0 Å². The number of hydrogen-bond donors (Lipinski definition) is 1. The van der Waals surface area contributed by atoms with E-state index in [1.807, 2.05) is 6.07 Å². The fourth-order valence-corrected chi connectivity index (χ4v) is 1.65. The van der Waals surface area contributed by atoms with Crippen molar-refractivity contribution in [2.75, 3.05) is 13.7 Å². The monoisotopic (exact) mass is 280 g/mol. The number of rotatable bonds is 8. The fourth-order valence-electron chi connectivity index (χ4n) is 1.65. The highest BCUT2D eigenvalue weighted by molar-refractivity contribution is 5.54. The predicted octanol–water partition coefficient (Wildman–Crippen LogP) is 2.17. The number of unbranched alkanes of at least 4 members (excludes halogenated alkanes) is 2. The molecular weight excluding hydrogens is 264 g/mol. The van der Waals surface area contributed by atoms with E-state index in [-0.39, 0.29) is 17.0 Å². The minimum Gasteiger partial charge on any atom is -0.493 e. The lowest BCUT2D eigenvalue weighted by Gasteiger charge is -2.11. The Hall–Kier alpha value is -2.33. The number of aliphatic hydroxyl groups excluding tert-OH is 1. The second kappa shape index (κ2) is 7.96. The molecule has 0 saturated heterocycles. The maximum Gasteiger partial charge on any atom is 0.278 e. The summed E-state index contributed by atoms with van der Waals surface area (Å²) in [6.45, 7) is -0.108. The molecule has 7 heteroatoms. The number of aliphatic hydroxyl groups is 1. The van der Waals surface area contributed by atoms with Crippen molar-refractivity contribution in [3.8, 4) is 17.6 Å². The summed E-state index contributed by atoms with van der Waals surface area (Å²) in [6.07, 6.45) is 1.83. The van der Waals surface area contributed by atoms with Crippen molar-refractivity contribution in [1.29, 1.82) is 5.26 Å². The Bertz CT molecular complexity index is 510. The Labute approximate surface area is 116 Å². The summed E-state index contributed by atoms with van der Waals surface area (Å²) >= 11 is 0. The molecule has 0 aliphatic heterocycles. The maximum atomic E-state index is 10.9. The first kappa shape index (κ1) is 15.7. The third-order valence-electron chi connectivity index (χ3n) is 2.67. The van der Waals surface area contributed by atoms with Crippen LogP contribution in [0.4, 0.5) is 5.69 Å². The molecule has 1 rings (SSSR count). The molecule has 0 bridgehead atoms. The molecule has 0 saturated carbocycles. The van der Waals surface area contributed by atoms with E-state index in [2.05, 4.69) is 0 Å². The van der Waals surface area contributed by atoms with Gasteiger partial charge in [0.25, 0.3) is 5.69 Å². The maximum absolute atomic E-state index is 10.9. The molecule has 0 radical (unpaired) electrons. The highest BCUT2D eigenvalue weighted by Crippen LogP contribution is 2.34. The SMILES string of the molecule is COc1cc(CO)c([N+](=O)[O-])cc1OCCCCC#N. The molecule has 1 aromatic carbocycles. The standard InChI is InChI=1S/C13H16N2O5/c1-19-12-7-10(9-16)11(15(17)18)8-13(12)20-6-4-2-3-5-14/h7-8,16H,2-4,6,9H2,1H3. The number of nitriles is 1. The lowest BCUT2D eigenvalue weighted by Crippen LogP contribution is -2.02. The van der Waals surface area contributed by atoms with Gasteiger partial charge in [0, 0.05) is 6.42 Å². The number of methoxy groups -OCH3 is 1. The quantitative estimate of drug-likeness (QED) is 0.444. The van der Waals surface area contributed by atoms with E-state index in [4.69, 9.17) is 19.8 Å². The number of ether oxygens (including phenoxy) is 2. The minimum absolute atomic E-state index is 0.170. The Balaban J connectivity index is 2.85. The van der Waals surface area contributed by atoms with Gasteiger partial charge in [0.15, 0.2) is 11.5 Å². The Morgan fingerprint density at radius 2 is 2.15 bits per heavy atom. The van der Waals surface area contributed by atoms with Crippen molar-refractivity contribution in [2.24, 2.45) is 0 Å². The molecule has 1 aromatic rings. The molecule has 0 amide bonds. The third-order valence-corrected chi connectivity index (χ3v) is 2.67. The molecule has 0 fully saturated rings. The number of nitro benzene ring substituents is 1. The van der Waals surface area contributed by atoms with Crippen LogP contribution in [0, 0.1) is 21.4 Å². The van der Waals surface area contributed by atoms with Crippen LogP contribution in [0.2, 0.25) is 0 Å². The highest BCUT2D eigenvalue weighted by atomic mass is 16.6. The average Bonchev–Trinajstić information content (AvgIpc) is 2.46. The van der Waals surface area contributed by atoms with Crippen molar-refractivity contribution >= 4 is 5.69 Å². The third kappa shape index (κ3) is 4.10. The smallest absolute Gasteiger partial charge is 0.278 e. The van der Waals surface area contributed by atoms with E-state index in [0.717, 1.165) is 0 Å². The lowest BCUT2D eigenvalue weighted by molar-refractivity contribution is -0.385. The summed E-state index contributed by atoms with van der Waals surface area (Å²) in [5.41, 5.74) is -0.0380. The van der Waals surface area contributed by atoms with Gasteiger partial charge >= 0.3 is 0 Å². The van der Waals surface area contributed by atoms with Crippen LogP contribution in [-0.2, 0) is 6.61 Å². The summed E-state index contributed by atoms with van der Waals surface area (Å²) in [7, 11) is 1.42. The second-order valence-corrected chi connectivity index (χ2v) is 4.01. The van der Waals surface area contributed by atoms with E-state index >= 15 is 0 Å². The van der Waals surface area contributed by atoms with Gasteiger partial charge in [-0.05, 0) is 18.9 Å². The van der Waals surface area contributed by atoms with Crippen LogP contribution in [0.1, 0.15) is 24.8 Å². The van der Waals surface area contributed by atoms with E-state index in [0.29, 0.717) is 31.6 Å². The van der Waals surface area contributed by atoms with Gasteiger partial charge in [-0.25, -0.2) is 0 Å². The first-order valence-corrected chi connectivity index (χ1v) is 6.10. The predicted molar refractivity (Wildman–Crippen MR) is 70.5 cm³/mol. The Kier molecular flexibility index (Phi) is 6.26. The first-order chi connectivity index (χ1) is 9.63. The summed E-state index contributed by atoms with van der Waals surface area (Å²) in [6, 6.07) is 4.67. The summed E-state index contributed by atoms with van der Waals surface area (Å²) in [4.78, 5) is 10.3. The van der Waals surface area contributed by atoms with Crippen molar-refractivity contribution < 1.29 is 19.5 Å². The zero-order valence-corrected chi connectivity index (χ0v) is 11.2. The van der Waals surface area contributed by atoms with Gasteiger partial charge in [-0.15, -0.1) is 0 Å². The van der Waals surface area contributed by atoms with Gasteiger partial charge in [-0.3, -0.25) is 10.1 Å². The molecule has 108 valence electrons. The van der Waals surface area contributed by atoms with Gasteiger partial charge in [0.05, 0.1) is 42.9 Å². The molecule has 0 spiro atoms.